The van der Waals surface area contributed by atoms with Crippen LogP contribution in [0.4, 0.5) is 4.79 Å². The topological polar surface area (TPSA) is 201 Å². The molecule has 3 N–H and O–H groups in total. The van der Waals surface area contributed by atoms with E-state index in [0.29, 0.717) is 0 Å². The van der Waals surface area contributed by atoms with Crippen molar-refractivity contribution in [3.05, 3.63) is 59.7 Å². The lowest BCUT2D eigenvalue weighted by atomic mass is 9.76. The van der Waals surface area contributed by atoms with E-state index in [9.17, 15) is 38.4 Å². The second kappa shape index (κ2) is 21.0. The Bertz CT molecular complexity index is 1870. The van der Waals surface area contributed by atoms with Crippen LogP contribution < -0.4 is 16.0 Å². The minimum Gasteiger partial charge on any atom is -0.460 e. The SMILES string of the molecule is C/C(=C\[C@H](C(C)C)N(C)C(=O)C(NC(=O)[C@@H](N(C)C(=O)OC(C)(C)C)C(C)(C)c1ccccc1)C(C)(C)C)C(=O)N[C@@H](CC(=O)OC(C)(C)C)C(=O)NCCN1C(=O)C=CC1=O. The number of nitrogens with zero attached hydrogens (tertiary/aromatic N) is 3. The number of rotatable bonds is 17. The van der Waals surface area contributed by atoms with E-state index in [1.54, 1.807) is 54.7 Å². The average Bonchev–Trinajstić information content (AvgIpc) is 3.45. The Labute approximate surface area is 367 Å². The summed E-state index contributed by atoms with van der Waals surface area (Å²) in [6.45, 7) is 24.3. The fraction of sp³-hybridized carbons (Fsp3) is 0.609. The quantitative estimate of drug-likeness (QED) is 0.114. The monoisotopic (exact) mass is 867 g/mol. The molecule has 0 saturated heterocycles. The normalized spacial score (nSPS) is 15.6. The molecule has 1 aromatic rings. The van der Waals surface area contributed by atoms with Crippen molar-refractivity contribution in [2.45, 2.75) is 144 Å². The molecule has 1 unspecified atom stereocenters. The number of imide groups is 1. The third kappa shape index (κ3) is 15.1. The van der Waals surface area contributed by atoms with Crippen LogP contribution in [0.15, 0.2) is 54.1 Å². The van der Waals surface area contributed by atoms with Gasteiger partial charge in [0.2, 0.25) is 23.6 Å². The Morgan fingerprint density at radius 3 is 1.77 bits per heavy atom. The van der Waals surface area contributed by atoms with E-state index in [-0.39, 0.29) is 24.6 Å². The van der Waals surface area contributed by atoms with Gasteiger partial charge < -0.3 is 30.3 Å². The molecule has 0 bridgehead atoms. The van der Waals surface area contributed by atoms with Gasteiger partial charge in [0.05, 0.1) is 12.5 Å². The summed E-state index contributed by atoms with van der Waals surface area (Å²) in [6.07, 6.45) is 2.59. The highest BCUT2D eigenvalue weighted by Crippen LogP contribution is 2.32. The summed E-state index contributed by atoms with van der Waals surface area (Å²) in [5.74, 6) is -4.53. The highest BCUT2D eigenvalue weighted by atomic mass is 16.6. The molecule has 7 amide bonds. The van der Waals surface area contributed by atoms with E-state index in [1.165, 1.54) is 23.8 Å². The number of carbonyl (C=O) groups is 8. The van der Waals surface area contributed by atoms with Crippen LogP contribution >= 0.6 is 0 Å². The number of hydrogen-bond acceptors (Lipinski definition) is 10. The van der Waals surface area contributed by atoms with Crippen molar-refractivity contribution in [3.8, 4) is 0 Å². The molecule has 0 saturated carbocycles. The molecule has 16 heteroatoms. The van der Waals surface area contributed by atoms with E-state index >= 15 is 0 Å². The van der Waals surface area contributed by atoms with Crippen molar-refractivity contribution >= 4 is 47.5 Å². The van der Waals surface area contributed by atoms with Crippen LogP contribution in [0.2, 0.25) is 0 Å². The molecular formula is C46H70N6O10. The highest BCUT2D eigenvalue weighted by Gasteiger charge is 2.46. The van der Waals surface area contributed by atoms with Crippen LogP contribution in [0.3, 0.4) is 0 Å². The summed E-state index contributed by atoms with van der Waals surface area (Å²) in [5.41, 5.74) is -2.59. The minimum atomic E-state index is -1.40. The van der Waals surface area contributed by atoms with Gasteiger partial charge in [0, 0.05) is 50.3 Å². The van der Waals surface area contributed by atoms with Gasteiger partial charge >= 0.3 is 12.1 Å². The first-order valence-corrected chi connectivity index (χ1v) is 20.9. The molecule has 1 heterocycles. The largest absolute Gasteiger partial charge is 0.460 e. The van der Waals surface area contributed by atoms with Gasteiger partial charge in [0.1, 0.15) is 29.3 Å². The first-order valence-electron chi connectivity index (χ1n) is 20.9. The summed E-state index contributed by atoms with van der Waals surface area (Å²) < 4.78 is 11.1. The molecular weight excluding hydrogens is 797 g/mol. The molecule has 1 aromatic carbocycles. The molecule has 62 heavy (non-hydrogen) atoms. The van der Waals surface area contributed by atoms with Gasteiger partial charge in [-0.3, -0.25) is 43.4 Å². The van der Waals surface area contributed by atoms with Gasteiger partial charge in [-0.25, -0.2) is 4.79 Å². The van der Waals surface area contributed by atoms with Crippen molar-refractivity contribution in [1.82, 2.24) is 30.7 Å². The number of ether oxygens (including phenoxy) is 2. The fourth-order valence-corrected chi connectivity index (χ4v) is 6.85. The highest BCUT2D eigenvalue weighted by molar-refractivity contribution is 6.12. The number of amides is 7. The zero-order valence-electron chi connectivity index (χ0n) is 39.6. The maximum absolute atomic E-state index is 14.6. The molecule has 0 radical (unpaired) electrons. The summed E-state index contributed by atoms with van der Waals surface area (Å²) in [5, 5.41) is 8.16. The summed E-state index contributed by atoms with van der Waals surface area (Å²) >= 11 is 0. The van der Waals surface area contributed by atoms with E-state index in [2.05, 4.69) is 16.0 Å². The van der Waals surface area contributed by atoms with Gasteiger partial charge in [0.25, 0.3) is 11.8 Å². The van der Waals surface area contributed by atoms with Gasteiger partial charge in [-0.15, -0.1) is 0 Å². The standard InChI is InChI=1S/C46H70N6O10/c1-28(2)32(26-29(3)38(56)48-31(27-35(55)61-44(7,8)9)39(57)47-24-25-52-33(53)22-23-34(52)54)50(15)41(59)36(43(4,5)6)49-40(58)37(51(16)42(60)62-45(10,11)12)46(13,14)30-20-18-17-19-21-30/h17-23,26,28,31-32,36-37H,24-25,27H2,1-16H3,(H,47,57)(H,48,56)(H,49,58)/b29-26+/t31-,32+,36?,37+/m0/s1. The molecule has 0 aliphatic carbocycles. The molecule has 4 atom stereocenters. The predicted octanol–water partition coefficient (Wildman–Crippen LogP) is 4.42. The van der Waals surface area contributed by atoms with Crippen molar-refractivity contribution in [1.29, 1.82) is 0 Å². The van der Waals surface area contributed by atoms with Crippen molar-refractivity contribution < 1.29 is 47.8 Å². The van der Waals surface area contributed by atoms with E-state index < -0.39 is 100 Å². The molecule has 0 fully saturated rings. The average molecular weight is 867 g/mol. The first kappa shape index (κ1) is 52.6. The third-order valence-electron chi connectivity index (χ3n) is 10.1. The Kier molecular flexibility index (Phi) is 17.8. The second-order valence-corrected chi connectivity index (χ2v) is 19.7. The number of likely N-dealkylation sites (N-methyl/N-ethyl adjacent to an activating group) is 2. The third-order valence-corrected chi connectivity index (χ3v) is 10.1. The number of benzene rings is 1. The van der Waals surface area contributed by atoms with Gasteiger partial charge in [-0.2, -0.15) is 0 Å². The molecule has 1 aliphatic rings. The van der Waals surface area contributed by atoms with Crippen LogP contribution in [-0.4, -0.2) is 125 Å². The maximum atomic E-state index is 14.6. The van der Waals surface area contributed by atoms with Gasteiger partial charge in [-0.1, -0.05) is 84.9 Å². The predicted molar refractivity (Wildman–Crippen MR) is 235 cm³/mol. The van der Waals surface area contributed by atoms with Crippen LogP contribution in [-0.2, 0) is 48.5 Å². The molecule has 2 rings (SSSR count). The molecule has 344 valence electrons. The second-order valence-electron chi connectivity index (χ2n) is 19.7. The number of nitrogens with one attached hydrogen (secondary N) is 3. The van der Waals surface area contributed by atoms with Crippen LogP contribution in [0.5, 0.6) is 0 Å². The van der Waals surface area contributed by atoms with Gasteiger partial charge in [0.15, 0.2) is 0 Å². The minimum absolute atomic E-state index is 0.124. The summed E-state index contributed by atoms with van der Waals surface area (Å²) in [7, 11) is 3.07. The first-order chi connectivity index (χ1) is 28.3. The van der Waals surface area contributed by atoms with Crippen molar-refractivity contribution in [3.63, 3.8) is 0 Å². The van der Waals surface area contributed by atoms with Crippen LogP contribution in [0.1, 0.15) is 109 Å². The van der Waals surface area contributed by atoms with Crippen molar-refractivity contribution in [2.75, 3.05) is 27.2 Å². The zero-order valence-corrected chi connectivity index (χ0v) is 39.6. The zero-order chi connectivity index (χ0) is 47.7. The maximum Gasteiger partial charge on any atom is 0.410 e. The Balaban J connectivity index is 2.44. The number of hydrogen-bond donors (Lipinski definition) is 3. The smallest absolute Gasteiger partial charge is 0.410 e. The van der Waals surface area contributed by atoms with E-state index in [1.807, 2.05) is 78.8 Å². The lowest BCUT2D eigenvalue weighted by Gasteiger charge is -2.42. The van der Waals surface area contributed by atoms with E-state index in [4.69, 9.17) is 9.47 Å². The Morgan fingerprint density at radius 1 is 0.758 bits per heavy atom. The fourth-order valence-electron chi connectivity index (χ4n) is 6.85. The summed E-state index contributed by atoms with van der Waals surface area (Å²) in [6, 6.07) is 4.96. The van der Waals surface area contributed by atoms with E-state index in [0.717, 1.165) is 22.6 Å². The lowest BCUT2D eigenvalue weighted by Crippen LogP contribution is -2.63. The number of esters is 1. The molecule has 0 aromatic heterocycles. The molecule has 0 spiro atoms. The van der Waals surface area contributed by atoms with Crippen molar-refractivity contribution in [2.24, 2.45) is 11.3 Å². The Hall–Kier alpha value is -5.54. The van der Waals surface area contributed by atoms with Gasteiger partial charge in [-0.05, 0) is 65.4 Å². The molecule has 1 aliphatic heterocycles. The lowest BCUT2D eigenvalue weighted by molar-refractivity contribution is -0.156. The van der Waals surface area contributed by atoms with Crippen LogP contribution in [0, 0.1) is 11.3 Å². The molecule has 16 nitrogen and oxygen atoms in total. The summed E-state index contributed by atoms with van der Waals surface area (Å²) in [4.78, 5) is 110. The Morgan fingerprint density at radius 2 is 1.29 bits per heavy atom. The number of carbonyl (C=O) groups excluding carboxylic acids is 8. The van der Waals surface area contributed by atoms with Crippen LogP contribution in [0.25, 0.3) is 0 Å².